The van der Waals surface area contributed by atoms with E-state index in [4.69, 9.17) is 9.47 Å². The first-order valence-corrected chi connectivity index (χ1v) is 5.14. The average Bonchev–Trinajstić information content (AvgIpc) is 2.40. The Morgan fingerprint density at radius 3 is 1.50 bits per heavy atom. The fourth-order valence-electron chi connectivity index (χ4n) is 1.44. The summed E-state index contributed by atoms with van der Waals surface area (Å²) in [6, 6.07) is 5.86. The lowest BCUT2D eigenvalue weighted by Gasteiger charge is -2.08. The number of hydrogen-bond acceptors (Lipinski definition) is 6. The van der Waals surface area contributed by atoms with E-state index >= 15 is 0 Å². The Bertz CT molecular complexity index is 520. The number of aromatic hydroxyl groups is 2. The normalized spacial score (nSPS) is 10.1. The molecule has 2 heterocycles. The number of aromatic nitrogens is 2. The minimum Gasteiger partial charge on any atom is -0.506 e. The predicted molar refractivity (Wildman–Crippen MR) is 63.9 cm³/mol. The second-order valence-corrected chi connectivity index (χ2v) is 3.44. The number of hydrogen-bond donors (Lipinski definition) is 2. The summed E-state index contributed by atoms with van der Waals surface area (Å²) in [5.41, 5.74) is 0.261. The number of methoxy groups -OCH3 is 2. The van der Waals surface area contributed by atoms with Gasteiger partial charge in [-0.2, -0.15) is 0 Å². The van der Waals surface area contributed by atoms with Crippen molar-refractivity contribution in [1.82, 2.24) is 9.97 Å². The molecule has 6 nitrogen and oxygen atoms in total. The Balaban J connectivity index is 2.60. The molecule has 18 heavy (non-hydrogen) atoms. The minimum absolute atomic E-state index is 0.105. The number of ether oxygens (including phenoxy) is 2. The van der Waals surface area contributed by atoms with Crippen molar-refractivity contribution in [2.45, 2.75) is 0 Å². The monoisotopic (exact) mass is 248 g/mol. The zero-order valence-electron chi connectivity index (χ0n) is 9.91. The van der Waals surface area contributed by atoms with Gasteiger partial charge in [0.2, 0.25) is 11.8 Å². The van der Waals surface area contributed by atoms with Crippen LogP contribution in [0.2, 0.25) is 0 Å². The molecule has 2 N–H and O–H groups in total. The summed E-state index contributed by atoms with van der Waals surface area (Å²) in [4.78, 5) is 8.09. The van der Waals surface area contributed by atoms with Gasteiger partial charge in [0.05, 0.1) is 14.2 Å². The Morgan fingerprint density at radius 2 is 1.17 bits per heavy atom. The minimum atomic E-state index is -0.105. The zero-order valence-corrected chi connectivity index (χ0v) is 9.91. The molecule has 2 aromatic heterocycles. The second kappa shape index (κ2) is 4.79. The van der Waals surface area contributed by atoms with Gasteiger partial charge in [0.25, 0.3) is 0 Å². The standard InChI is InChI=1S/C12H12N2O4/c1-17-9-5-3-7(15)11(13-9)12-8(16)4-6-10(14-12)18-2/h3-6,15-16H,1-2H3. The first-order chi connectivity index (χ1) is 8.65. The Kier molecular flexibility index (Phi) is 3.18. The van der Waals surface area contributed by atoms with Crippen molar-refractivity contribution in [2.75, 3.05) is 14.2 Å². The molecule has 94 valence electrons. The van der Waals surface area contributed by atoms with Crippen LogP contribution in [0.15, 0.2) is 24.3 Å². The number of rotatable bonds is 3. The first kappa shape index (κ1) is 12.0. The highest BCUT2D eigenvalue weighted by molar-refractivity contribution is 5.68. The van der Waals surface area contributed by atoms with Crippen LogP contribution in [0.3, 0.4) is 0 Å². The molecule has 0 radical (unpaired) electrons. The molecule has 0 unspecified atom stereocenters. The van der Waals surface area contributed by atoms with Gasteiger partial charge < -0.3 is 19.7 Å². The van der Waals surface area contributed by atoms with Gasteiger partial charge in [0.15, 0.2) is 0 Å². The highest BCUT2D eigenvalue weighted by atomic mass is 16.5. The van der Waals surface area contributed by atoms with Crippen LogP contribution in [0.4, 0.5) is 0 Å². The molecule has 0 spiro atoms. The summed E-state index contributed by atoms with van der Waals surface area (Å²) in [7, 11) is 2.92. The van der Waals surface area contributed by atoms with Gasteiger partial charge in [-0.05, 0) is 12.1 Å². The molecule has 6 heteroatoms. The molecule has 0 aliphatic rings. The summed E-state index contributed by atoms with van der Waals surface area (Å²) in [5, 5.41) is 19.5. The van der Waals surface area contributed by atoms with E-state index in [9.17, 15) is 10.2 Å². The fourth-order valence-corrected chi connectivity index (χ4v) is 1.44. The Morgan fingerprint density at radius 1 is 0.778 bits per heavy atom. The van der Waals surface area contributed by atoms with Crippen LogP contribution in [0.25, 0.3) is 11.4 Å². The van der Waals surface area contributed by atoms with E-state index in [1.807, 2.05) is 0 Å². The zero-order chi connectivity index (χ0) is 13.1. The molecule has 0 bridgehead atoms. The van der Waals surface area contributed by atoms with Crippen LogP contribution in [0, 0.1) is 0 Å². The van der Waals surface area contributed by atoms with Crippen molar-refractivity contribution in [1.29, 1.82) is 0 Å². The molecule has 0 amide bonds. The van der Waals surface area contributed by atoms with Gasteiger partial charge >= 0.3 is 0 Å². The van der Waals surface area contributed by atoms with Crippen molar-refractivity contribution in [3.8, 4) is 34.6 Å². The molecule has 0 aromatic carbocycles. The molecule has 0 aliphatic carbocycles. The van der Waals surface area contributed by atoms with E-state index in [1.54, 1.807) is 0 Å². The van der Waals surface area contributed by atoms with Gasteiger partial charge in [-0.3, -0.25) is 0 Å². The summed E-state index contributed by atoms with van der Waals surface area (Å²) in [6.07, 6.45) is 0. The lowest BCUT2D eigenvalue weighted by atomic mass is 10.2. The highest BCUT2D eigenvalue weighted by Gasteiger charge is 2.15. The van der Waals surface area contributed by atoms with Gasteiger partial charge in [-0.15, -0.1) is 0 Å². The molecule has 0 saturated carbocycles. The van der Waals surface area contributed by atoms with Crippen molar-refractivity contribution >= 4 is 0 Å². The quantitative estimate of drug-likeness (QED) is 0.857. The molecule has 0 saturated heterocycles. The average molecular weight is 248 g/mol. The van der Waals surface area contributed by atoms with E-state index in [-0.39, 0.29) is 22.9 Å². The molecule has 2 aromatic rings. The third-order valence-electron chi connectivity index (χ3n) is 2.34. The molecular weight excluding hydrogens is 236 g/mol. The molecule has 0 atom stereocenters. The maximum atomic E-state index is 9.76. The summed E-state index contributed by atoms with van der Waals surface area (Å²) < 4.78 is 9.93. The number of nitrogens with zero attached hydrogens (tertiary/aromatic N) is 2. The molecule has 2 rings (SSSR count). The van der Waals surface area contributed by atoms with Crippen LogP contribution < -0.4 is 9.47 Å². The van der Waals surface area contributed by atoms with Crippen LogP contribution >= 0.6 is 0 Å². The summed E-state index contributed by atoms with van der Waals surface area (Å²) in [6.45, 7) is 0. The van der Waals surface area contributed by atoms with Crippen molar-refractivity contribution in [2.24, 2.45) is 0 Å². The first-order valence-electron chi connectivity index (χ1n) is 5.14. The predicted octanol–water partition coefficient (Wildman–Crippen LogP) is 1.57. The lowest BCUT2D eigenvalue weighted by molar-refractivity contribution is 0.391. The number of pyridine rings is 2. The maximum Gasteiger partial charge on any atom is 0.213 e. The van der Waals surface area contributed by atoms with Crippen molar-refractivity contribution < 1.29 is 19.7 Å². The van der Waals surface area contributed by atoms with E-state index in [2.05, 4.69) is 9.97 Å². The fraction of sp³-hybridized carbons (Fsp3) is 0.167. The Hall–Kier alpha value is -2.50. The summed E-state index contributed by atoms with van der Waals surface area (Å²) >= 11 is 0. The van der Waals surface area contributed by atoms with E-state index in [0.717, 1.165) is 0 Å². The lowest BCUT2D eigenvalue weighted by Crippen LogP contribution is -1.95. The van der Waals surface area contributed by atoms with Gasteiger partial charge in [-0.1, -0.05) is 0 Å². The van der Waals surface area contributed by atoms with Crippen LogP contribution in [0.1, 0.15) is 0 Å². The SMILES string of the molecule is COc1ccc(O)c(-c2nc(OC)ccc2O)n1. The van der Waals surface area contributed by atoms with Gasteiger partial charge in [-0.25, -0.2) is 9.97 Å². The third kappa shape index (κ3) is 2.13. The highest BCUT2D eigenvalue weighted by Crippen LogP contribution is 2.34. The van der Waals surface area contributed by atoms with Crippen molar-refractivity contribution in [3.63, 3.8) is 0 Å². The summed E-state index contributed by atoms with van der Waals surface area (Å²) in [5.74, 6) is 0.414. The van der Waals surface area contributed by atoms with E-state index in [0.29, 0.717) is 11.8 Å². The Labute approximate surface area is 103 Å². The maximum absolute atomic E-state index is 9.76. The smallest absolute Gasteiger partial charge is 0.213 e. The van der Waals surface area contributed by atoms with Crippen molar-refractivity contribution in [3.05, 3.63) is 24.3 Å². The largest absolute Gasteiger partial charge is 0.506 e. The van der Waals surface area contributed by atoms with Gasteiger partial charge in [0, 0.05) is 12.1 Å². The van der Waals surface area contributed by atoms with Crippen LogP contribution in [-0.2, 0) is 0 Å². The van der Waals surface area contributed by atoms with Gasteiger partial charge in [0.1, 0.15) is 22.9 Å². The van der Waals surface area contributed by atoms with Crippen LogP contribution in [0.5, 0.6) is 23.3 Å². The molecule has 0 fully saturated rings. The van der Waals surface area contributed by atoms with E-state index < -0.39 is 0 Å². The van der Waals surface area contributed by atoms with Crippen LogP contribution in [-0.4, -0.2) is 34.4 Å². The molecular formula is C12H12N2O4. The molecule has 0 aliphatic heterocycles. The third-order valence-corrected chi connectivity index (χ3v) is 2.34. The van der Waals surface area contributed by atoms with E-state index in [1.165, 1.54) is 38.5 Å². The second-order valence-electron chi connectivity index (χ2n) is 3.44. The topological polar surface area (TPSA) is 84.7 Å².